The number of benzene rings is 2. The molecule has 1 aliphatic rings. The van der Waals surface area contributed by atoms with Crippen molar-refractivity contribution in [1.82, 2.24) is 4.90 Å². The lowest BCUT2D eigenvalue weighted by Crippen LogP contribution is -2.33. The number of rotatable bonds is 11. The first kappa shape index (κ1) is 21.5. The lowest BCUT2D eigenvalue weighted by atomic mass is 10.1. The minimum atomic E-state index is -0.280. The van der Waals surface area contributed by atoms with E-state index in [-0.39, 0.29) is 30.9 Å². The zero-order valence-corrected chi connectivity index (χ0v) is 16.8. The largest absolute Gasteiger partial charge is 0.491 e. The number of imide groups is 1. The summed E-state index contributed by atoms with van der Waals surface area (Å²) in [5.41, 5.74) is 1.59. The Bertz CT molecular complexity index is 862. The van der Waals surface area contributed by atoms with Gasteiger partial charge in [-0.25, -0.2) is 0 Å². The van der Waals surface area contributed by atoms with Gasteiger partial charge in [-0.2, -0.15) is 0 Å². The van der Waals surface area contributed by atoms with Crippen LogP contribution in [0.15, 0.2) is 48.5 Å². The molecule has 8 heteroatoms. The van der Waals surface area contributed by atoms with Crippen LogP contribution in [-0.4, -0.2) is 62.2 Å². The quantitative estimate of drug-likeness (QED) is 0.450. The van der Waals surface area contributed by atoms with E-state index in [1.807, 2.05) is 0 Å². The number of hydrogen-bond acceptors (Lipinski definition) is 6. The van der Waals surface area contributed by atoms with Crippen molar-refractivity contribution in [2.24, 2.45) is 0 Å². The predicted molar refractivity (Wildman–Crippen MR) is 110 cm³/mol. The maximum Gasteiger partial charge on any atom is 0.261 e. The van der Waals surface area contributed by atoms with Gasteiger partial charge in [0.2, 0.25) is 5.91 Å². The minimum absolute atomic E-state index is 0.122. The number of ether oxygens (including phenoxy) is 3. The van der Waals surface area contributed by atoms with Crippen LogP contribution in [0.1, 0.15) is 27.6 Å². The van der Waals surface area contributed by atoms with Crippen LogP contribution in [0.3, 0.4) is 0 Å². The highest BCUT2D eigenvalue weighted by atomic mass is 16.5. The second kappa shape index (κ2) is 10.5. The van der Waals surface area contributed by atoms with Gasteiger partial charge in [0.25, 0.3) is 11.8 Å². The van der Waals surface area contributed by atoms with E-state index in [0.29, 0.717) is 49.0 Å². The lowest BCUT2D eigenvalue weighted by Gasteiger charge is -2.14. The van der Waals surface area contributed by atoms with E-state index in [0.717, 1.165) is 0 Å². The van der Waals surface area contributed by atoms with Gasteiger partial charge in [-0.1, -0.05) is 12.1 Å². The third-order valence-electron chi connectivity index (χ3n) is 4.38. The van der Waals surface area contributed by atoms with E-state index in [4.69, 9.17) is 14.2 Å². The molecule has 3 amide bonds. The molecule has 0 bridgehead atoms. The maximum atomic E-state index is 12.2. The summed E-state index contributed by atoms with van der Waals surface area (Å²) in [7, 11) is 0. The Hall–Kier alpha value is -3.23. The smallest absolute Gasteiger partial charge is 0.261 e. The van der Waals surface area contributed by atoms with E-state index >= 15 is 0 Å². The topological polar surface area (TPSA) is 94.2 Å². The molecule has 2 aromatic carbocycles. The second-order valence-corrected chi connectivity index (χ2v) is 6.59. The summed E-state index contributed by atoms with van der Waals surface area (Å²) in [5, 5.41) is 2.69. The molecule has 0 fully saturated rings. The van der Waals surface area contributed by atoms with Crippen molar-refractivity contribution in [2.45, 2.75) is 6.92 Å². The fourth-order valence-electron chi connectivity index (χ4n) is 2.98. The number of carbonyl (C=O) groups excluding carboxylic acids is 3. The van der Waals surface area contributed by atoms with Crippen molar-refractivity contribution < 1.29 is 28.6 Å². The minimum Gasteiger partial charge on any atom is -0.491 e. The molecule has 1 aliphatic heterocycles. The molecule has 3 rings (SSSR count). The lowest BCUT2D eigenvalue weighted by molar-refractivity contribution is -0.114. The summed E-state index contributed by atoms with van der Waals surface area (Å²) in [5.74, 6) is 0.00307. The summed E-state index contributed by atoms with van der Waals surface area (Å²) in [6.45, 7) is 3.44. The van der Waals surface area contributed by atoms with Crippen molar-refractivity contribution in [1.29, 1.82) is 0 Å². The zero-order chi connectivity index (χ0) is 21.3. The Morgan fingerprint density at radius 1 is 0.833 bits per heavy atom. The van der Waals surface area contributed by atoms with Gasteiger partial charge in [0.1, 0.15) is 12.4 Å². The predicted octanol–water partition coefficient (Wildman–Crippen LogP) is 2.35. The molecule has 0 spiro atoms. The second-order valence-electron chi connectivity index (χ2n) is 6.59. The number of nitrogens with one attached hydrogen (secondary N) is 1. The van der Waals surface area contributed by atoms with Gasteiger partial charge in [-0.05, 0) is 36.4 Å². The van der Waals surface area contributed by atoms with Crippen molar-refractivity contribution in [3.05, 3.63) is 59.7 Å². The number of carbonyl (C=O) groups is 3. The summed E-state index contributed by atoms with van der Waals surface area (Å²) in [6.07, 6.45) is 0. The van der Waals surface area contributed by atoms with E-state index in [2.05, 4.69) is 5.32 Å². The van der Waals surface area contributed by atoms with Gasteiger partial charge in [0.05, 0.1) is 44.1 Å². The number of nitrogens with zero attached hydrogens (tertiary/aromatic N) is 1. The van der Waals surface area contributed by atoms with E-state index in [1.54, 1.807) is 48.5 Å². The standard InChI is InChI=1S/C22H24N2O6/c1-16(25)23-17-6-8-18(9-7-17)30-15-14-29-13-12-28-11-10-24-21(26)19-4-2-3-5-20(19)22(24)27/h2-9H,10-15H2,1H3,(H,23,25). The van der Waals surface area contributed by atoms with Gasteiger partial charge in [-0.15, -0.1) is 0 Å². The molecule has 30 heavy (non-hydrogen) atoms. The summed E-state index contributed by atoms with van der Waals surface area (Å²) in [6, 6.07) is 13.9. The van der Waals surface area contributed by atoms with Crippen molar-refractivity contribution in [3.63, 3.8) is 0 Å². The fourth-order valence-corrected chi connectivity index (χ4v) is 2.98. The third kappa shape index (κ3) is 5.65. The molecule has 1 heterocycles. The van der Waals surface area contributed by atoms with Crippen LogP contribution in [0.2, 0.25) is 0 Å². The van der Waals surface area contributed by atoms with Gasteiger partial charge >= 0.3 is 0 Å². The van der Waals surface area contributed by atoms with Crippen molar-refractivity contribution in [3.8, 4) is 5.75 Å². The normalized spacial score (nSPS) is 12.8. The first-order chi connectivity index (χ1) is 14.6. The van der Waals surface area contributed by atoms with Gasteiger partial charge in [0.15, 0.2) is 0 Å². The molecular formula is C22H24N2O6. The molecule has 2 aromatic rings. The van der Waals surface area contributed by atoms with Crippen molar-refractivity contribution in [2.75, 3.05) is 44.9 Å². The van der Waals surface area contributed by atoms with Crippen LogP contribution >= 0.6 is 0 Å². The Labute approximate surface area is 174 Å². The molecule has 1 N–H and O–H groups in total. The van der Waals surface area contributed by atoms with Gasteiger partial charge in [-0.3, -0.25) is 19.3 Å². The van der Waals surface area contributed by atoms with Crippen molar-refractivity contribution >= 4 is 23.4 Å². The Balaban J connectivity index is 1.23. The number of fused-ring (bicyclic) bond motifs is 1. The monoisotopic (exact) mass is 412 g/mol. The summed E-state index contributed by atoms with van der Waals surface area (Å²) in [4.78, 5) is 36.6. The summed E-state index contributed by atoms with van der Waals surface area (Å²) < 4.78 is 16.5. The molecule has 158 valence electrons. The molecule has 0 unspecified atom stereocenters. The van der Waals surface area contributed by atoms with Crippen LogP contribution in [0.25, 0.3) is 0 Å². The average Bonchev–Trinajstić information content (AvgIpc) is 2.98. The average molecular weight is 412 g/mol. The Morgan fingerprint density at radius 2 is 1.40 bits per heavy atom. The molecule has 0 saturated carbocycles. The van der Waals surface area contributed by atoms with Crippen LogP contribution in [0.4, 0.5) is 5.69 Å². The Morgan fingerprint density at radius 3 is 2.00 bits per heavy atom. The molecule has 0 aromatic heterocycles. The highest BCUT2D eigenvalue weighted by Crippen LogP contribution is 2.21. The van der Waals surface area contributed by atoms with E-state index < -0.39 is 0 Å². The SMILES string of the molecule is CC(=O)Nc1ccc(OCCOCCOCCN2C(=O)c3ccccc3C2=O)cc1. The first-order valence-electron chi connectivity index (χ1n) is 9.67. The fraction of sp³-hybridized carbons (Fsp3) is 0.318. The molecule has 0 atom stereocenters. The summed E-state index contributed by atoms with van der Waals surface area (Å²) >= 11 is 0. The zero-order valence-electron chi connectivity index (χ0n) is 16.8. The maximum absolute atomic E-state index is 12.2. The highest BCUT2D eigenvalue weighted by molar-refractivity contribution is 6.21. The molecule has 0 aliphatic carbocycles. The molecular weight excluding hydrogens is 388 g/mol. The van der Waals surface area contributed by atoms with Crippen LogP contribution in [0.5, 0.6) is 5.75 Å². The number of amides is 3. The number of hydrogen-bond donors (Lipinski definition) is 1. The van der Waals surface area contributed by atoms with E-state index in [9.17, 15) is 14.4 Å². The van der Waals surface area contributed by atoms with E-state index in [1.165, 1.54) is 11.8 Å². The number of anilines is 1. The van der Waals surface area contributed by atoms with Gasteiger partial charge < -0.3 is 19.5 Å². The first-order valence-corrected chi connectivity index (χ1v) is 9.67. The third-order valence-corrected chi connectivity index (χ3v) is 4.38. The van der Waals surface area contributed by atoms with Crippen LogP contribution in [-0.2, 0) is 14.3 Å². The Kier molecular flexibility index (Phi) is 7.53. The van der Waals surface area contributed by atoms with Gasteiger partial charge in [0, 0.05) is 12.6 Å². The molecule has 0 saturated heterocycles. The highest BCUT2D eigenvalue weighted by Gasteiger charge is 2.34. The van der Waals surface area contributed by atoms with Crippen LogP contribution in [0, 0.1) is 0 Å². The van der Waals surface area contributed by atoms with Crippen LogP contribution < -0.4 is 10.1 Å². The molecule has 0 radical (unpaired) electrons. The molecule has 8 nitrogen and oxygen atoms in total.